The van der Waals surface area contributed by atoms with Gasteiger partial charge in [-0.2, -0.15) is 5.10 Å². The first kappa shape index (κ1) is 17.3. The van der Waals surface area contributed by atoms with Crippen molar-refractivity contribution in [3.63, 3.8) is 0 Å². The summed E-state index contributed by atoms with van der Waals surface area (Å²) in [7, 11) is 1.79. The predicted molar refractivity (Wildman–Crippen MR) is 84.7 cm³/mol. The van der Waals surface area contributed by atoms with Gasteiger partial charge in [0.15, 0.2) is 11.6 Å². The molecule has 1 aromatic carbocycles. The molecule has 9 heteroatoms. The van der Waals surface area contributed by atoms with Gasteiger partial charge in [0.25, 0.3) is 0 Å². The van der Waals surface area contributed by atoms with Crippen LogP contribution in [0.1, 0.15) is 17.5 Å². The number of amides is 2. The van der Waals surface area contributed by atoms with E-state index in [9.17, 15) is 13.6 Å². The second kappa shape index (κ2) is 7.56. The zero-order chi connectivity index (χ0) is 17.8. The van der Waals surface area contributed by atoms with Crippen molar-refractivity contribution in [1.29, 1.82) is 0 Å². The Morgan fingerprint density at radius 3 is 2.96 bits per heavy atom. The summed E-state index contributed by atoms with van der Waals surface area (Å²) in [5, 5.41) is 6.80. The van der Waals surface area contributed by atoms with E-state index in [1.54, 1.807) is 16.6 Å². The van der Waals surface area contributed by atoms with Gasteiger partial charge in [0.1, 0.15) is 18.3 Å². The number of nitrogens with one attached hydrogen (secondary N) is 1. The summed E-state index contributed by atoms with van der Waals surface area (Å²) in [4.78, 5) is 18.0. The van der Waals surface area contributed by atoms with Crippen LogP contribution in [0.2, 0.25) is 0 Å². The lowest BCUT2D eigenvalue weighted by molar-refractivity contribution is -0.0155. The number of aryl methyl sites for hydroxylation is 1. The van der Waals surface area contributed by atoms with E-state index in [4.69, 9.17) is 4.74 Å². The fourth-order valence-corrected chi connectivity index (χ4v) is 2.69. The molecule has 1 atom stereocenters. The normalized spacial score (nSPS) is 17.6. The van der Waals surface area contributed by atoms with Gasteiger partial charge in [-0.1, -0.05) is 6.07 Å². The third-order valence-electron chi connectivity index (χ3n) is 4.10. The summed E-state index contributed by atoms with van der Waals surface area (Å²) >= 11 is 0. The van der Waals surface area contributed by atoms with Crippen LogP contribution < -0.4 is 5.32 Å². The van der Waals surface area contributed by atoms with Crippen molar-refractivity contribution >= 4 is 6.03 Å². The molecule has 0 saturated carbocycles. The van der Waals surface area contributed by atoms with E-state index in [0.717, 1.165) is 18.0 Å². The largest absolute Gasteiger partial charge is 0.370 e. The van der Waals surface area contributed by atoms with Gasteiger partial charge in [-0.05, 0) is 17.7 Å². The van der Waals surface area contributed by atoms with Gasteiger partial charge in [0.2, 0.25) is 0 Å². The SMILES string of the molecule is Cn1ncnc1CCNC(=O)N1CCO[C@H](c2ccc(F)c(F)c2)C1. The summed E-state index contributed by atoms with van der Waals surface area (Å²) < 4.78 is 33.7. The van der Waals surface area contributed by atoms with Gasteiger partial charge in [-0.3, -0.25) is 4.68 Å². The van der Waals surface area contributed by atoms with Gasteiger partial charge in [0, 0.05) is 26.6 Å². The fraction of sp³-hybridized carbons (Fsp3) is 0.438. The average molecular weight is 351 g/mol. The number of halogens is 2. The first-order chi connectivity index (χ1) is 12.0. The first-order valence-electron chi connectivity index (χ1n) is 7.97. The number of morpholine rings is 1. The maximum Gasteiger partial charge on any atom is 0.317 e. The summed E-state index contributed by atoms with van der Waals surface area (Å²) in [5.74, 6) is -1.05. The highest BCUT2D eigenvalue weighted by Crippen LogP contribution is 2.23. The van der Waals surface area contributed by atoms with Gasteiger partial charge in [0.05, 0.1) is 13.2 Å². The molecular weight excluding hydrogens is 332 g/mol. The van der Waals surface area contributed by atoms with Crippen LogP contribution in [-0.4, -0.2) is 51.9 Å². The van der Waals surface area contributed by atoms with Crippen molar-refractivity contribution in [1.82, 2.24) is 25.0 Å². The molecule has 7 nitrogen and oxygen atoms in total. The van der Waals surface area contributed by atoms with E-state index in [1.165, 1.54) is 12.4 Å². The average Bonchev–Trinajstić information content (AvgIpc) is 3.02. The zero-order valence-corrected chi connectivity index (χ0v) is 13.8. The quantitative estimate of drug-likeness (QED) is 0.904. The summed E-state index contributed by atoms with van der Waals surface area (Å²) in [6, 6.07) is 3.42. The Morgan fingerprint density at radius 1 is 1.40 bits per heavy atom. The molecule has 0 radical (unpaired) electrons. The molecule has 0 bridgehead atoms. The van der Waals surface area contributed by atoms with Crippen molar-refractivity contribution in [2.45, 2.75) is 12.5 Å². The van der Waals surface area contributed by atoms with Crippen molar-refractivity contribution in [2.24, 2.45) is 7.05 Å². The van der Waals surface area contributed by atoms with E-state index >= 15 is 0 Å². The van der Waals surface area contributed by atoms with Crippen molar-refractivity contribution in [2.75, 3.05) is 26.2 Å². The van der Waals surface area contributed by atoms with Crippen molar-refractivity contribution in [3.8, 4) is 0 Å². The Hall–Kier alpha value is -2.55. The second-order valence-electron chi connectivity index (χ2n) is 5.76. The highest BCUT2D eigenvalue weighted by Gasteiger charge is 2.26. The number of benzene rings is 1. The minimum absolute atomic E-state index is 0.224. The smallest absolute Gasteiger partial charge is 0.317 e. The molecule has 1 aromatic heterocycles. The fourth-order valence-electron chi connectivity index (χ4n) is 2.69. The standard InChI is InChI=1S/C16H19F2N5O2/c1-22-15(20-10-21-22)4-5-19-16(24)23-6-7-25-14(9-23)11-2-3-12(17)13(18)8-11/h2-3,8,10,14H,4-7,9H2,1H3,(H,19,24)/t14-/m0/s1. The van der Waals surface area contributed by atoms with E-state index in [2.05, 4.69) is 15.4 Å². The van der Waals surface area contributed by atoms with Crippen LogP contribution in [0.5, 0.6) is 0 Å². The Labute approximate surface area is 143 Å². The van der Waals surface area contributed by atoms with Crippen LogP contribution in [-0.2, 0) is 18.2 Å². The molecule has 1 fully saturated rings. The van der Waals surface area contributed by atoms with E-state index < -0.39 is 17.7 Å². The molecule has 1 N–H and O–H groups in total. The number of carbonyl (C=O) groups excluding carboxylic acids is 1. The molecule has 1 aliphatic heterocycles. The molecule has 1 saturated heterocycles. The lowest BCUT2D eigenvalue weighted by atomic mass is 10.1. The molecule has 2 aromatic rings. The molecule has 0 spiro atoms. The second-order valence-corrected chi connectivity index (χ2v) is 5.76. The van der Waals surface area contributed by atoms with Gasteiger partial charge < -0.3 is 15.0 Å². The first-order valence-corrected chi connectivity index (χ1v) is 7.97. The highest BCUT2D eigenvalue weighted by atomic mass is 19.2. The molecule has 1 aliphatic rings. The summed E-state index contributed by atoms with van der Waals surface area (Å²) in [5.41, 5.74) is 0.510. The number of hydrogen-bond acceptors (Lipinski definition) is 4. The van der Waals surface area contributed by atoms with E-state index in [-0.39, 0.29) is 12.6 Å². The minimum Gasteiger partial charge on any atom is -0.370 e. The zero-order valence-electron chi connectivity index (χ0n) is 13.8. The molecular formula is C16H19F2N5O2. The lowest BCUT2D eigenvalue weighted by Gasteiger charge is -2.33. The topological polar surface area (TPSA) is 72.3 Å². The number of ether oxygens (including phenoxy) is 1. The molecule has 25 heavy (non-hydrogen) atoms. The molecule has 0 aliphatic carbocycles. The maximum absolute atomic E-state index is 13.4. The Balaban J connectivity index is 1.54. The number of urea groups is 1. The van der Waals surface area contributed by atoms with Crippen LogP contribution in [0, 0.1) is 11.6 Å². The number of nitrogens with zero attached hydrogens (tertiary/aromatic N) is 4. The van der Waals surface area contributed by atoms with E-state index in [1.807, 2.05) is 0 Å². The van der Waals surface area contributed by atoms with Crippen LogP contribution in [0.3, 0.4) is 0 Å². The van der Waals surface area contributed by atoms with Crippen LogP contribution in [0.25, 0.3) is 0 Å². The Bertz CT molecular complexity index is 752. The predicted octanol–water partition coefficient (Wildman–Crippen LogP) is 1.42. The number of hydrogen-bond donors (Lipinski definition) is 1. The summed E-state index contributed by atoms with van der Waals surface area (Å²) in [6.45, 7) is 1.48. The van der Waals surface area contributed by atoms with Gasteiger partial charge in [-0.15, -0.1) is 0 Å². The number of aromatic nitrogens is 3. The van der Waals surface area contributed by atoms with E-state index in [0.29, 0.717) is 31.7 Å². The summed E-state index contributed by atoms with van der Waals surface area (Å²) in [6.07, 6.45) is 1.55. The number of rotatable bonds is 4. The Morgan fingerprint density at radius 2 is 2.24 bits per heavy atom. The minimum atomic E-state index is -0.925. The number of carbonyl (C=O) groups is 1. The highest BCUT2D eigenvalue weighted by molar-refractivity contribution is 5.74. The van der Waals surface area contributed by atoms with Gasteiger partial charge >= 0.3 is 6.03 Å². The molecule has 0 unspecified atom stereocenters. The molecule has 134 valence electrons. The molecule has 3 rings (SSSR count). The van der Waals surface area contributed by atoms with Crippen molar-refractivity contribution in [3.05, 3.63) is 47.5 Å². The third kappa shape index (κ3) is 4.11. The van der Waals surface area contributed by atoms with Gasteiger partial charge in [-0.25, -0.2) is 18.6 Å². The monoisotopic (exact) mass is 351 g/mol. The third-order valence-corrected chi connectivity index (χ3v) is 4.10. The molecule has 2 amide bonds. The molecule has 2 heterocycles. The maximum atomic E-state index is 13.4. The lowest BCUT2D eigenvalue weighted by Crippen LogP contribution is -2.47. The van der Waals surface area contributed by atoms with Crippen LogP contribution in [0.15, 0.2) is 24.5 Å². The Kier molecular flexibility index (Phi) is 5.22. The van der Waals surface area contributed by atoms with Crippen LogP contribution >= 0.6 is 0 Å². The van der Waals surface area contributed by atoms with Crippen molar-refractivity contribution < 1.29 is 18.3 Å². The van der Waals surface area contributed by atoms with Crippen LogP contribution in [0.4, 0.5) is 13.6 Å².